The van der Waals surface area contributed by atoms with E-state index in [1.165, 1.54) is 22.3 Å². The summed E-state index contributed by atoms with van der Waals surface area (Å²) < 4.78 is 0. The highest BCUT2D eigenvalue weighted by Crippen LogP contribution is 2.37. The lowest BCUT2D eigenvalue weighted by atomic mass is 9.81. The molecule has 4 aromatic rings. The zero-order chi connectivity index (χ0) is 27.3. The summed E-state index contributed by atoms with van der Waals surface area (Å²) in [6, 6.07) is 43.7. The molecule has 4 aromatic carbocycles. The Morgan fingerprint density at radius 2 is 0.750 bits per heavy atom. The molecule has 202 valence electrons. The first-order chi connectivity index (χ1) is 19.7. The fourth-order valence-electron chi connectivity index (χ4n) is 6.30. The van der Waals surface area contributed by atoms with E-state index < -0.39 is 0 Å². The van der Waals surface area contributed by atoms with E-state index in [1.54, 1.807) is 0 Å². The first kappa shape index (κ1) is 26.4. The average molecular weight is 527 g/mol. The van der Waals surface area contributed by atoms with Crippen LogP contribution in [0.15, 0.2) is 132 Å². The molecule has 0 saturated carbocycles. The monoisotopic (exact) mass is 526 g/mol. The number of hydrogen-bond donors (Lipinski definition) is 2. The minimum absolute atomic E-state index is 0.179. The van der Waals surface area contributed by atoms with E-state index in [2.05, 4.69) is 146 Å². The molecule has 4 heteroatoms. The van der Waals surface area contributed by atoms with E-state index in [0.29, 0.717) is 0 Å². The van der Waals surface area contributed by atoms with Crippen molar-refractivity contribution in [3.63, 3.8) is 0 Å². The highest BCUT2D eigenvalue weighted by atomic mass is 15.2. The maximum atomic E-state index is 5.08. The van der Waals surface area contributed by atoms with Crippen molar-refractivity contribution in [1.29, 1.82) is 0 Å². The van der Waals surface area contributed by atoms with Crippen LogP contribution in [0.5, 0.6) is 0 Å². The smallest absolute Gasteiger partial charge is 0.0471 e. The van der Waals surface area contributed by atoms with E-state index in [9.17, 15) is 0 Å². The number of piperidine rings is 2. The van der Waals surface area contributed by atoms with E-state index in [-0.39, 0.29) is 36.0 Å². The normalized spacial score (nSPS) is 28.9. The number of benzene rings is 4. The summed E-state index contributed by atoms with van der Waals surface area (Å²) in [6.07, 6.45) is 1.70. The second kappa shape index (κ2) is 12.1. The summed E-state index contributed by atoms with van der Waals surface area (Å²) in [5.41, 5.74) is 7.48. The zero-order valence-corrected chi connectivity index (χ0v) is 23.3. The Kier molecular flexibility index (Phi) is 7.99. The Morgan fingerprint density at radius 3 is 1.07 bits per heavy atom. The molecule has 6 atom stereocenters. The van der Waals surface area contributed by atoms with E-state index in [1.807, 2.05) is 0 Å². The van der Waals surface area contributed by atoms with Crippen molar-refractivity contribution in [2.24, 2.45) is 22.0 Å². The first-order valence-corrected chi connectivity index (χ1v) is 14.5. The highest BCUT2D eigenvalue weighted by molar-refractivity contribution is 5.92. The minimum atomic E-state index is 0.179. The maximum Gasteiger partial charge on any atom is 0.0471 e. The van der Waals surface area contributed by atoms with Crippen molar-refractivity contribution in [2.45, 2.75) is 50.9 Å². The summed E-state index contributed by atoms with van der Waals surface area (Å²) in [4.78, 5) is 0. The van der Waals surface area contributed by atoms with Crippen LogP contribution >= 0.6 is 0 Å². The number of nitrogens with one attached hydrogen (secondary N) is 2. The van der Waals surface area contributed by atoms with Crippen molar-refractivity contribution in [3.05, 3.63) is 144 Å². The highest BCUT2D eigenvalue weighted by Gasteiger charge is 2.35. The van der Waals surface area contributed by atoms with E-state index in [0.717, 1.165) is 24.3 Å². The second-order valence-corrected chi connectivity index (χ2v) is 11.2. The molecule has 0 radical (unpaired) electrons. The fraction of sp³-hybridized carbons (Fsp3) is 0.278. The molecule has 2 aliphatic rings. The van der Waals surface area contributed by atoms with E-state index >= 15 is 0 Å². The van der Waals surface area contributed by atoms with Crippen LogP contribution in [-0.4, -0.2) is 11.4 Å². The molecule has 0 spiro atoms. The first-order valence-electron chi connectivity index (χ1n) is 14.5. The molecule has 0 aliphatic carbocycles. The molecule has 40 heavy (non-hydrogen) atoms. The summed E-state index contributed by atoms with van der Waals surface area (Å²) in [5.74, 6) is 0.470. The quantitative estimate of drug-likeness (QED) is 0.259. The predicted molar refractivity (Wildman–Crippen MR) is 165 cm³/mol. The van der Waals surface area contributed by atoms with Crippen LogP contribution in [0.3, 0.4) is 0 Å². The van der Waals surface area contributed by atoms with Gasteiger partial charge in [0.15, 0.2) is 0 Å². The largest absolute Gasteiger partial charge is 0.302 e. The van der Waals surface area contributed by atoms with Gasteiger partial charge in [0.25, 0.3) is 0 Å². The number of nitrogens with zero attached hydrogens (tertiary/aromatic N) is 2. The Bertz CT molecular complexity index is 1320. The van der Waals surface area contributed by atoms with Gasteiger partial charge in [-0.05, 0) is 22.3 Å². The standard InChI is InChI=1S/C36H38N4/c1-25-31(23-33(27-15-7-3-8-16-27)37-35(25)29-19-11-5-12-20-29)39-40-32-24-34(28-17-9-4-10-18-28)38-36(26(32)2)30-21-13-6-14-22-30/h3-22,25-26,33-38H,23-24H2,1-2H3/b39-31-,40-32+/t25-,26-,33+,34+,35-,36-/m1/s1. The molecule has 0 amide bonds. The van der Waals surface area contributed by atoms with Gasteiger partial charge in [-0.1, -0.05) is 135 Å². The molecule has 0 bridgehead atoms. The second-order valence-electron chi connectivity index (χ2n) is 11.2. The molecule has 6 rings (SSSR count). The lowest BCUT2D eigenvalue weighted by Gasteiger charge is -2.38. The van der Waals surface area contributed by atoms with Gasteiger partial charge in [0, 0.05) is 60.3 Å². The van der Waals surface area contributed by atoms with Crippen LogP contribution in [-0.2, 0) is 0 Å². The molecule has 2 aliphatic heterocycles. The lowest BCUT2D eigenvalue weighted by Crippen LogP contribution is -2.42. The van der Waals surface area contributed by atoms with Crippen molar-refractivity contribution >= 4 is 11.4 Å². The average Bonchev–Trinajstić information content (AvgIpc) is 3.03. The van der Waals surface area contributed by atoms with Crippen LogP contribution < -0.4 is 10.6 Å². The lowest BCUT2D eigenvalue weighted by molar-refractivity contribution is 0.360. The molecule has 2 fully saturated rings. The SMILES string of the molecule is C[C@@H]1/C(=N\N=C2/C[C@@H](c3ccccc3)N[C@@H](c3ccccc3)[C@@H]2C)C[C@@H](c2ccccc2)N[C@H]1c1ccccc1. The van der Waals surface area contributed by atoms with Gasteiger partial charge in [0.2, 0.25) is 0 Å². The molecule has 2 saturated heterocycles. The molecular formula is C36H38N4. The van der Waals surface area contributed by atoms with Gasteiger partial charge in [-0.15, -0.1) is 0 Å². The van der Waals surface area contributed by atoms with Crippen molar-refractivity contribution in [3.8, 4) is 0 Å². The van der Waals surface area contributed by atoms with Gasteiger partial charge < -0.3 is 10.6 Å². The van der Waals surface area contributed by atoms with Crippen LogP contribution in [0.2, 0.25) is 0 Å². The van der Waals surface area contributed by atoms with Crippen LogP contribution in [0, 0.1) is 11.8 Å². The van der Waals surface area contributed by atoms with Gasteiger partial charge in [-0.3, -0.25) is 0 Å². The third kappa shape index (κ3) is 5.70. The van der Waals surface area contributed by atoms with Gasteiger partial charge >= 0.3 is 0 Å². The molecule has 4 nitrogen and oxygen atoms in total. The number of rotatable bonds is 5. The van der Waals surface area contributed by atoms with Crippen LogP contribution in [0.4, 0.5) is 0 Å². The molecule has 2 heterocycles. The molecular weight excluding hydrogens is 488 g/mol. The number of hydrogen-bond acceptors (Lipinski definition) is 4. The maximum absolute atomic E-state index is 5.08. The van der Waals surface area contributed by atoms with Crippen LogP contribution in [0.1, 0.15) is 73.1 Å². The van der Waals surface area contributed by atoms with Crippen molar-refractivity contribution < 1.29 is 0 Å². The Balaban J connectivity index is 1.36. The van der Waals surface area contributed by atoms with E-state index in [4.69, 9.17) is 10.2 Å². The third-order valence-electron chi connectivity index (χ3n) is 8.67. The van der Waals surface area contributed by atoms with Gasteiger partial charge in [-0.25, -0.2) is 0 Å². The fourth-order valence-corrected chi connectivity index (χ4v) is 6.30. The topological polar surface area (TPSA) is 48.8 Å². The van der Waals surface area contributed by atoms with Gasteiger partial charge in [0.1, 0.15) is 0 Å². The predicted octanol–water partition coefficient (Wildman–Crippen LogP) is 8.01. The Hall–Kier alpha value is -3.86. The van der Waals surface area contributed by atoms with Crippen molar-refractivity contribution in [2.75, 3.05) is 0 Å². The Labute approximate surface area is 238 Å². The minimum Gasteiger partial charge on any atom is -0.302 e. The molecule has 0 unspecified atom stereocenters. The van der Waals surface area contributed by atoms with Crippen LogP contribution in [0.25, 0.3) is 0 Å². The Morgan fingerprint density at radius 1 is 0.450 bits per heavy atom. The summed E-state index contributed by atoms with van der Waals surface area (Å²) in [5, 5.41) is 18.0. The van der Waals surface area contributed by atoms with Gasteiger partial charge in [0.05, 0.1) is 0 Å². The summed E-state index contributed by atoms with van der Waals surface area (Å²) >= 11 is 0. The molecule has 0 aromatic heterocycles. The summed E-state index contributed by atoms with van der Waals surface area (Å²) in [7, 11) is 0. The zero-order valence-electron chi connectivity index (χ0n) is 23.3. The van der Waals surface area contributed by atoms with Gasteiger partial charge in [-0.2, -0.15) is 10.2 Å². The van der Waals surface area contributed by atoms with Crippen molar-refractivity contribution in [1.82, 2.24) is 10.6 Å². The summed E-state index contributed by atoms with van der Waals surface area (Å²) in [6.45, 7) is 4.58. The third-order valence-corrected chi connectivity index (χ3v) is 8.67. The molecule has 2 N–H and O–H groups in total.